The van der Waals surface area contributed by atoms with Crippen LogP contribution in [0.1, 0.15) is 11.1 Å². The van der Waals surface area contributed by atoms with Gasteiger partial charge in [-0.25, -0.2) is 9.38 Å². The second-order valence-electron chi connectivity index (χ2n) is 6.92. The number of ether oxygens (including phenoxy) is 1. The molecular weight excluding hydrogens is 414 g/mol. The molecule has 0 aliphatic heterocycles. The number of benzene rings is 3. The maximum atomic E-state index is 12.8. The van der Waals surface area contributed by atoms with Gasteiger partial charge in [-0.3, -0.25) is 14.9 Å². The minimum atomic E-state index is -0.430. The van der Waals surface area contributed by atoms with E-state index in [4.69, 9.17) is 4.74 Å². The third-order valence-corrected chi connectivity index (χ3v) is 5.84. The van der Waals surface area contributed by atoms with E-state index in [1.807, 2.05) is 54.6 Å². The maximum absolute atomic E-state index is 12.8. The van der Waals surface area contributed by atoms with E-state index in [0.29, 0.717) is 21.8 Å². The first-order chi connectivity index (χ1) is 15.1. The van der Waals surface area contributed by atoms with Crippen LogP contribution < -0.4 is 14.8 Å². The van der Waals surface area contributed by atoms with Gasteiger partial charge in [0.25, 0.3) is 11.2 Å². The summed E-state index contributed by atoms with van der Waals surface area (Å²) in [5, 5.41) is 10.7. The molecule has 0 fully saturated rings. The second-order valence-corrected chi connectivity index (χ2v) is 7.92. The summed E-state index contributed by atoms with van der Waals surface area (Å²) in [6.45, 7) is 0.307. The van der Waals surface area contributed by atoms with Crippen LogP contribution in [0.25, 0.3) is 22.1 Å². The van der Waals surface area contributed by atoms with Crippen LogP contribution in [-0.4, -0.2) is 14.3 Å². The Morgan fingerprint density at radius 3 is 2.52 bits per heavy atom. The Kier molecular flexibility index (Phi) is 4.68. The Bertz CT molecular complexity index is 1520. The summed E-state index contributed by atoms with van der Waals surface area (Å²) in [5.41, 5.74) is 3.32. The van der Waals surface area contributed by atoms with Crippen molar-refractivity contribution in [3.05, 3.63) is 109 Å². The number of nitrogens with zero attached hydrogens (tertiary/aromatic N) is 3. The highest BCUT2D eigenvalue weighted by molar-refractivity contribution is 7.15. The lowest BCUT2D eigenvalue weighted by Gasteiger charge is -2.06. The van der Waals surface area contributed by atoms with Gasteiger partial charge in [0, 0.05) is 12.1 Å². The largest absolute Gasteiger partial charge is 0.489 e. The molecule has 31 heavy (non-hydrogen) atoms. The number of hydrogen-bond donors (Lipinski definition) is 0. The van der Waals surface area contributed by atoms with Crippen LogP contribution in [0, 0.1) is 10.1 Å². The van der Waals surface area contributed by atoms with Crippen molar-refractivity contribution >= 4 is 39.1 Å². The average molecular weight is 429 g/mol. The molecule has 0 bridgehead atoms. The summed E-state index contributed by atoms with van der Waals surface area (Å²) in [5.74, 6) is 0.671. The predicted molar refractivity (Wildman–Crippen MR) is 120 cm³/mol. The molecule has 0 aliphatic rings. The fraction of sp³-hybridized carbons (Fsp3) is 0.0435. The molecule has 5 aromatic rings. The molecule has 0 amide bonds. The van der Waals surface area contributed by atoms with E-state index in [1.165, 1.54) is 23.5 Å². The van der Waals surface area contributed by atoms with E-state index in [2.05, 4.69) is 4.98 Å². The molecule has 5 rings (SSSR count). The molecule has 7 nitrogen and oxygen atoms in total. The summed E-state index contributed by atoms with van der Waals surface area (Å²) in [7, 11) is 0. The topological polar surface area (TPSA) is 86.7 Å². The SMILES string of the molecule is O=c1/c(=C/c2ccc(OCc3ccc([N+](=O)[O-])cc3)cc2)sc2nc3ccccc3n12. The van der Waals surface area contributed by atoms with Crippen molar-refractivity contribution in [3.8, 4) is 5.75 Å². The molecule has 0 spiro atoms. The molecule has 0 radical (unpaired) electrons. The van der Waals surface area contributed by atoms with Crippen LogP contribution >= 0.6 is 11.3 Å². The molecule has 0 N–H and O–H groups in total. The van der Waals surface area contributed by atoms with Crippen molar-refractivity contribution in [2.24, 2.45) is 0 Å². The number of rotatable bonds is 5. The van der Waals surface area contributed by atoms with Crippen LogP contribution in [0.4, 0.5) is 5.69 Å². The zero-order valence-electron chi connectivity index (χ0n) is 16.1. The van der Waals surface area contributed by atoms with Gasteiger partial charge in [0.1, 0.15) is 12.4 Å². The third kappa shape index (κ3) is 3.64. The summed E-state index contributed by atoms with van der Waals surface area (Å²) in [4.78, 5) is 28.3. The minimum absolute atomic E-state index is 0.0513. The average Bonchev–Trinajstić information content (AvgIpc) is 3.29. The normalized spacial score (nSPS) is 11.9. The smallest absolute Gasteiger partial charge is 0.274 e. The first-order valence-electron chi connectivity index (χ1n) is 9.46. The van der Waals surface area contributed by atoms with Gasteiger partial charge in [-0.1, -0.05) is 35.6 Å². The van der Waals surface area contributed by atoms with E-state index < -0.39 is 4.92 Å². The number of thiazole rings is 1. The molecule has 0 aliphatic carbocycles. The molecule has 0 saturated carbocycles. The molecular formula is C23H15N3O4S. The Balaban J connectivity index is 1.35. The van der Waals surface area contributed by atoms with Gasteiger partial charge < -0.3 is 4.74 Å². The highest BCUT2D eigenvalue weighted by Gasteiger charge is 2.10. The summed E-state index contributed by atoms with van der Waals surface area (Å²) < 4.78 is 8.01. The quantitative estimate of drug-likeness (QED) is 0.312. The predicted octanol–water partition coefficient (Wildman–Crippen LogP) is 3.94. The van der Waals surface area contributed by atoms with Gasteiger partial charge in [0.15, 0.2) is 4.96 Å². The molecule has 0 atom stereocenters. The van der Waals surface area contributed by atoms with Crippen LogP contribution in [0.5, 0.6) is 5.75 Å². The number of imidazole rings is 1. The second kappa shape index (κ2) is 7.66. The zero-order valence-corrected chi connectivity index (χ0v) is 16.9. The number of nitro benzene ring substituents is 1. The molecule has 0 saturated heterocycles. The van der Waals surface area contributed by atoms with Gasteiger partial charge in [0.2, 0.25) is 0 Å². The highest BCUT2D eigenvalue weighted by Crippen LogP contribution is 2.18. The van der Waals surface area contributed by atoms with Crippen molar-refractivity contribution in [3.63, 3.8) is 0 Å². The van der Waals surface area contributed by atoms with Crippen LogP contribution in [-0.2, 0) is 6.61 Å². The first kappa shape index (κ1) is 19.0. The van der Waals surface area contributed by atoms with E-state index in [0.717, 1.165) is 22.2 Å². The number of para-hydroxylation sites is 2. The number of aromatic nitrogens is 2. The Labute approximate surface area is 179 Å². The van der Waals surface area contributed by atoms with E-state index in [9.17, 15) is 14.9 Å². The molecule has 0 unspecified atom stereocenters. The molecule has 152 valence electrons. The fourth-order valence-electron chi connectivity index (χ4n) is 3.30. The monoisotopic (exact) mass is 429 g/mol. The third-order valence-electron chi connectivity index (χ3n) is 4.88. The van der Waals surface area contributed by atoms with E-state index in [-0.39, 0.29) is 11.2 Å². The number of fused-ring (bicyclic) bond motifs is 3. The van der Waals surface area contributed by atoms with Gasteiger partial charge in [-0.15, -0.1) is 0 Å². The lowest BCUT2D eigenvalue weighted by molar-refractivity contribution is -0.384. The van der Waals surface area contributed by atoms with Gasteiger partial charge >= 0.3 is 0 Å². The molecule has 2 heterocycles. The summed E-state index contributed by atoms with van der Waals surface area (Å²) >= 11 is 1.36. The lowest BCUT2D eigenvalue weighted by Crippen LogP contribution is -2.22. The summed E-state index contributed by atoms with van der Waals surface area (Å²) in [6.07, 6.45) is 1.84. The standard InChI is InChI=1S/C23H15N3O4S/c27-22-21(31-23-24-19-3-1-2-4-20(19)25(22)23)13-15-7-11-18(12-8-15)30-14-16-5-9-17(10-6-16)26(28)29/h1-13H,14H2/b21-13-. The summed E-state index contributed by atoms with van der Waals surface area (Å²) in [6, 6.07) is 21.3. The molecule has 8 heteroatoms. The minimum Gasteiger partial charge on any atom is -0.489 e. The zero-order chi connectivity index (χ0) is 21.4. The van der Waals surface area contributed by atoms with E-state index >= 15 is 0 Å². The Morgan fingerprint density at radius 2 is 1.77 bits per heavy atom. The van der Waals surface area contributed by atoms with Crippen molar-refractivity contribution in [1.82, 2.24) is 9.38 Å². The van der Waals surface area contributed by atoms with Crippen molar-refractivity contribution in [2.75, 3.05) is 0 Å². The van der Waals surface area contributed by atoms with Crippen LogP contribution in [0.3, 0.4) is 0 Å². The Hall–Kier alpha value is -4.04. The van der Waals surface area contributed by atoms with Crippen molar-refractivity contribution in [1.29, 1.82) is 0 Å². The molecule has 3 aromatic carbocycles. The fourth-order valence-corrected chi connectivity index (χ4v) is 4.29. The highest BCUT2D eigenvalue weighted by atomic mass is 32.1. The van der Waals surface area contributed by atoms with Gasteiger partial charge in [-0.2, -0.15) is 0 Å². The van der Waals surface area contributed by atoms with Crippen molar-refractivity contribution in [2.45, 2.75) is 6.61 Å². The Morgan fingerprint density at radius 1 is 1.03 bits per heavy atom. The van der Waals surface area contributed by atoms with Crippen molar-refractivity contribution < 1.29 is 9.66 Å². The number of non-ortho nitro benzene ring substituents is 1. The van der Waals surface area contributed by atoms with Crippen LogP contribution in [0.2, 0.25) is 0 Å². The number of hydrogen-bond acceptors (Lipinski definition) is 6. The van der Waals surface area contributed by atoms with Crippen LogP contribution in [0.15, 0.2) is 77.6 Å². The first-order valence-corrected chi connectivity index (χ1v) is 10.3. The lowest BCUT2D eigenvalue weighted by atomic mass is 10.2. The number of nitro groups is 1. The van der Waals surface area contributed by atoms with Gasteiger partial charge in [-0.05, 0) is 53.6 Å². The molecule has 2 aromatic heterocycles. The maximum Gasteiger partial charge on any atom is 0.274 e. The van der Waals surface area contributed by atoms with Gasteiger partial charge in [0.05, 0.1) is 20.5 Å². The van der Waals surface area contributed by atoms with E-state index in [1.54, 1.807) is 16.5 Å².